The van der Waals surface area contributed by atoms with Gasteiger partial charge in [0.2, 0.25) is 0 Å². The highest BCUT2D eigenvalue weighted by atomic mass is 35.5. The fourth-order valence-electron chi connectivity index (χ4n) is 1.78. The Hall–Kier alpha value is -1.59. The van der Waals surface area contributed by atoms with Crippen molar-refractivity contribution in [2.45, 2.75) is 13.0 Å². The first-order valence-electron chi connectivity index (χ1n) is 6.05. The van der Waals surface area contributed by atoms with Crippen molar-refractivity contribution in [1.29, 1.82) is 0 Å². The van der Waals surface area contributed by atoms with Gasteiger partial charge in [-0.2, -0.15) is 0 Å². The molecule has 1 heterocycles. The van der Waals surface area contributed by atoms with Crippen molar-refractivity contribution in [3.63, 3.8) is 0 Å². The second-order valence-corrected chi connectivity index (χ2v) is 5.62. The number of thiazole rings is 1. The van der Waals surface area contributed by atoms with Crippen LogP contribution in [0.5, 0.6) is 0 Å². The number of hydrogen-bond acceptors (Lipinski definition) is 5. The molecular formula is C14H15ClN2O2S. The smallest absolute Gasteiger partial charge is 0.357 e. The summed E-state index contributed by atoms with van der Waals surface area (Å²) in [5.41, 5.74) is 1.42. The number of carbonyl (C=O) groups excluding carboxylic acids is 1. The zero-order chi connectivity index (χ0) is 14.7. The molecule has 0 saturated carbocycles. The molecule has 0 aliphatic carbocycles. The topological polar surface area (TPSA) is 42.4 Å². The molecular weight excluding hydrogens is 296 g/mol. The maximum Gasteiger partial charge on any atom is 0.357 e. The van der Waals surface area contributed by atoms with Gasteiger partial charge in [0.1, 0.15) is 0 Å². The van der Waals surface area contributed by atoms with Crippen molar-refractivity contribution < 1.29 is 9.53 Å². The third-order valence-corrected chi connectivity index (χ3v) is 4.27. The molecule has 20 heavy (non-hydrogen) atoms. The van der Waals surface area contributed by atoms with Gasteiger partial charge in [0, 0.05) is 17.5 Å². The van der Waals surface area contributed by atoms with Gasteiger partial charge in [-0.1, -0.05) is 23.7 Å². The molecule has 2 rings (SSSR count). The summed E-state index contributed by atoms with van der Waals surface area (Å²) in [5.74, 6) is -0.420. The van der Waals surface area contributed by atoms with Gasteiger partial charge in [0.15, 0.2) is 10.8 Å². The summed E-state index contributed by atoms with van der Waals surface area (Å²) in [4.78, 5) is 17.7. The van der Waals surface area contributed by atoms with Gasteiger partial charge in [-0.05, 0) is 24.6 Å². The summed E-state index contributed by atoms with van der Waals surface area (Å²) in [6.07, 6.45) is 0. The van der Waals surface area contributed by atoms with E-state index in [1.165, 1.54) is 18.4 Å². The fraction of sp³-hybridized carbons (Fsp3) is 0.286. The van der Waals surface area contributed by atoms with Gasteiger partial charge in [-0.25, -0.2) is 9.78 Å². The lowest BCUT2D eigenvalue weighted by molar-refractivity contribution is 0.0595. The Labute approximate surface area is 127 Å². The maximum atomic E-state index is 11.4. The Morgan fingerprint density at radius 3 is 2.90 bits per heavy atom. The van der Waals surface area contributed by atoms with Crippen LogP contribution >= 0.6 is 22.9 Å². The summed E-state index contributed by atoms with van der Waals surface area (Å²) >= 11 is 7.42. The summed E-state index contributed by atoms with van der Waals surface area (Å²) in [5, 5.41) is 3.16. The van der Waals surface area contributed by atoms with E-state index in [-0.39, 0.29) is 6.04 Å². The van der Waals surface area contributed by atoms with Crippen LogP contribution in [-0.2, 0) is 4.74 Å². The molecule has 0 fully saturated rings. The zero-order valence-electron chi connectivity index (χ0n) is 11.5. The number of benzene rings is 1. The zero-order valence-corrected chi connectivity index (χ0v) is 13.0. The number of esters is 1. The average molecular weight is 311 g/mol. The van der Waals surface area contributed by atoms with E-state index in [0.29, 0.717) is 10.7 Å². The Morgan fingerprint density at radius 2 is 2.25 bits per heavy atom. The number of carbonyl (C=O) groups is 1. The van der Waals surface area contributed by atoms with Crippen molar-refractivity contribution >= 4 is 34.0 Å². The number of halogens is 1. The summed E-state index contributed by atoms with van der Waals surface area (Å²) in [7, 11) is 3.28. The third-order valence-electron chi connectivity index (χ3n) is 3.10. The van der Waals surface area contributed by atoms with Gasteiger partial charge in [-0.15, -0.1) is 11.3 Å². The standard InChI is InChI=1S/C14H15ClN2O2S/c1-9(10-5-4-6-11(15)7-10)17(2)14-16-12(8-20-14)13(18)19-3/h4-9H,1-3H3. The highest BCUT2D eigenvalue weighted by Gasteiger charge is 2.18. The largest absolute Gasteiger partial charge is 0.464 e. The van der Waals surface area contributed by atoms with Gasteiger partial charge >= 0.3 is 5.97 Å². The van der Waals surface area contributed by atoms with E-state index in [1.807, 2.05) is 36.2 Å². The van der Waals surface area contributed by atoms with Crippen LogP contribution in [0, 0.1) is 0 Å². The van der Waals surface area contributed by atoms with Crippen LogP contribution in [-0.4, -0.2) is 25.1 Å². The Balaban J connectivity index is 2.20. The number of aromatic nitrogens is 1. The molecule has 0 aliphatic heterocycles. The normalized spacial score (nSPS) is 12.0. The summed E-state index contributed by atoms with van der Waals surface area (Å²) in [6, 6.07) is 7.81. The van der Waals surface area contributed by atoms with E-state index in [0.717, 1.165) is 10.7 Å². The number of hydrogen-bond donors (Lipinski definition) is 0. The lowest BCUT2D eigenvalue weighted by Crippen LogP contribution is -2.21. The van der Waals surface area contributed by atoms with Gasteiger partial charge in [-0.3, -0.25) is 0 Å². The van der Waals surface area contributed by atoms with Crippen molar-refractivity contribution in [3.05, 3.63) is 45.9 Å². The Morgan fingerprint density at radius 1 is 1.50 bits per heavy atom. The van der Waals surface area contributed by atoms with Crippen LogP contribution in [0.1, 0.15) is 29.0 Å². The van der Waals surface area contributed by atoms with Crippen LogP contribution in [0.15, 0.2) is 29.6 Å². The van der Waals surface area contributed by atoms with Crippen LogP contribution in [0.4, 0.5) is 5.13 Å². The lowest BCUT2D eigenvalue weighted by Gasteiger charge is -2.24. The van der Waals surface area contributed by atoms with Gasteiger partial charge < -0.3 is 9.64 Å². The molecule has 0 aliphatic rings. The molecule has 0 spiro atoms. The van der Waals surface area contributed by atoms with Crippen LogP contribution in [0.3, 0.4) is 0 Å². The highest BCUT2D eigenvalue weighted by molar-refractivity contribution is 7.13. The van der Waals surface area contributed by atoms with Gasteiger partial charge in [0.25, 0.3) is 0 Å². The van der Waals surface area contributed by atoms with E-state index >= 15 is 0 Å². The molecule has 106 valence electrons. The molecule has 2 aromatic rings. The number of nitrogens with zero attached hydrogens (tertiary/aromatic N) is 2. The lowest BCUT2D eigenvalue weighted by atomic mass is 10.1. The first-order chi connectivity index (χ1) is 9.52. The predicted octanol–water partition coefficient (Wildman–Crippen LogP) is 3.78. The fourth-order valence-corrected chi connectivity index (χ4v) is 2.82. The maximum absolute atomic E-state index is 11.4. The number of rotatable bonds is 4. The highest BCUT2D eigenvalue weighted by Crippen LogP contribution is 2.29. The second kappa shape index (κ2) is 6.24. The SMILES string of the molecule is COC(=O)c1csc(N(C)C(C)c2cccc(Cl)c2)n1. The second-order valence-electron chi connectivity index (χ2n) is 4.35. The van der Waals surface area contributed by atoms with E-state index in [1.54, 1.807) is 5.38 Å². The van der Waals surface area contributed by atoms with E-state index in [2.05, 4.69) is 16.6 Å². The molecule has 1 atom stereocenters. The van der Waals surface area contributed by atoms with E-state index in [9.17, 15) is 4.79 Å². The first-order valence-corrected chi connectivity index (χ1v) is 7.31. The molecule has 0 radical (unpaired) electrons. The van der Waals surface area contributed by atoms with Crippen molar-refractivity contribution in [2.75, 3.05) is 19.1 Å². The molecule has 6 heteroatoms. The minimum absolute atomic E-state index is 0.102. The number of methoxy groups -OCH3 is 1. The van der Waals surface area contributed by atoms with Crippen LogP contribution in [0.25, 0.3) is 0 Å². The first kappa shape index (κ1) is 14.8. The molecule has 0 bridgehead atoms. The number of anilines is 1. The van der Waals surface area contributed by atoms with Crippen molar-refractivity contribution in [1.82, 2.24) is 4.98 Å². The monoisotopic (exact) mass is 310 g/mol. The third kappa shape index (κ3) is 3.11. The quantitative estimate of drug-likeness (QED) is 0.806. The number of ether oxygens (including phenoxy) is 1. The van der Waals surface area contributed by atoms with Gasteiger partial charge in [0.05, 0.1) is 13.2 Å². The molecule has 1 aromatic carbocycles. The molecule has 0 saturated heterocycles. The van der Waals surface area contributed by atoms with Crippen molar-refractivity contribution in [2.24, 2.45) is 0 Å². The molecule has 1 aromatic heterocycles. The Kier molecular flexibility index (Phi) is 4.62. The van der Waals surface area contributed by atoms with Crippen molar-refractivity contribution in [3.8, 4) is 0 Å². The molecule has 1 unspecified atom stereocenters. The predicted molar refractivity (Wildman–Crippen MR) is 81.7 cm³/mol. The Bertz CT molecular complexity index is 615. The van der Waals surface area contributed by atoms with E-state index in [4.69, 9.17) is 11.6 Å². The molecule has 0 amide bonds. The molecule has 4 nitrogen and oxygen atoms in total. The average Bonchev–Trinajstić information content (AvgIpc) is 2.94. The van der Waals surface area contributed by atoms with E-state index < -0.39 is 5.97 Å². The van der Waals surface area contributed by atoms with Crippen LogP contribution in [0.2, 0.25) is 5.02 Å². The molecule has 0 N–H and O–H groups in total. The minimum atomic E-state index is -0.420. The minimum Gasteiger partial charge on any atom is -0.464 e. The van der Waals surface area contributed by atoms with Crippen LogP contribution < -0.4 is 4.90 Å². The summed E-state index contributed by atoms with van der Waals surface area (Å²) in [6.45, 7) is 2.06. The summed E-state index contributed by atoms with van der Waals surface area (Å²) < 4.78 is 4.66.